The van der Waals surface area contributed by atoms with Gasteiger partial charge in [0.1, 0.15) is 0 Å². The molecule has 0 amide bonds. The van der Waals surface area contributed by atoms with Crippen LogP contribution in [-0.4, -0.2) is 27.2 Å². The van der Waals surface area contributed by atoms with Gasteiger partial charge in [0.05, 0.1) is 5.69 Å². The molecule has 0 aliphatic heterocycles. The van der Waals surface area contributed by atoms with Crippen LogP contribution in [0.4, 0.5) is 13.2 Å². The van der Waals surface area contributed by atoms with Gasteiger partial charge in [-0.05, 0) is 17.7 Å². The molecule has 96 valence electrons. The third-order valence-corrected chi connectivity index (χ3v) is 2.53. The highest BCUT2D eigenvalue weighted by Gasteiger charge is 2.38. The van der Waals surface area contributed by atoms with E-state index in [9.17, 15) is 13.2 Å². The van der Waals surface area contributed by atoms with Gasteiger partial charge in [0.2, 0.25) is 0 Å². The summed E-state index contributed by atoms with van der Waals surface area (Å²) in [5.41, 5.74) is 0.928. The molecule has 0 saturated heterocycles. The molecule has 0 fully saturated rings. The van der Waals surface area contributed by atoms with E-state index in [4.69, 9.17) is 5.11 Å². The van der Waals surface area contributed by atoms with Gasteiger partial charge in [0.25, 0.3) is 0 Å². The third kappa shape index (κ3) is 2.70. The van der Waals surface area contributed by atoms with Crippen LogP contribution in [0.1, 0.15) is 5.56 Å². The highest BCUT2D eigenvalue weighted by molar-refractivity contribution is 5.40. The first-order valence-corrected chi connectivity index (χ1v) is 5.31. The van der Waals surface area contributed by atoms with Crippen LogP contribution in [0.5, 0.6) is 0 Å². The first-order valence-electron chi connectivity index (χ1n) is 5.31. The summed E-state index contributed by atoms with van der Waals surface area (Å²) < 4.78 is 38.5. The van der Waals surface area contributed by atoms with Crippen molar-refractivity contribution in [3.63, 3.8) is 0 Å². The van der Waals surface area contributed by atoms with Crippen LogP contribution < -0.4 is 0 Å². The molecule has 1 N–H and O–H groups in total. The van der Waals surface area contributed by atoms with Gasteiger partial charge in [-0.3, -0.25) is 0 Å². The molecule has 1 heterocycles. The van der Waals surface area contributed by atoms with Gasteiger partial charge in [-0.1, -0.05) is 18.2 Å². The lowest BCUT2D eigenvalue weighted by molar-refractivity contribution is -0.203. The van der Waals surface area contributed by atoms with E-state index >= 15 is 0 Å². The topological polar surface area (TPSA) is 38.0 Å². The van der Waals surface area contributed by atoms with Crippen molar-refractivity contribution in [2.45, 2.75) is 18.7 Å². The third-order valence-electron chi connectivity index (χ3n) is 2.53. The first-order chi connectivity index (χ1) is 8.48. The molecular formula is C12H11F3N2O. The highest BCUT2D eigenvalue weighted by atomic mass is 19.4. The number of para-hydroxylation sites is 1. The molecule has 3 nitrogen and oxygen atoms in total. The normalized spacial score (nSPS) is 13.6. The SMILES string of the molecule is OC(Cc1ccccc1-n1cccn1)C(F)(F)F. The lowest BCUT2D eigenvalue weighted by Crippen LogP contribution is -2.30. The predicted molar refractivity (Wildman–Crippen MR) is 59.3 cm³/mol. The van der Waals surface area contributed by atoms with Crippen molar-refractivity contribution in [1.82, 2.24) is 9.78 Å². The Hall–Kier alpha value is -1.82. The Balaban J connectivity index is 2.29. The van der Waals surface area contributed by atoms with Crippen molar-refractivity contribution in [2.75, 3.05) is 0 Å². The maximum absolute atomic E-state index is 12.3. The van der Waals surface area contributed by atoms with E-state index in [1.807, 2.05) is 0 Å². The smallest absolute Gasteiger partial charge is 0.383 e. The van der Waals surface area contributed by atoms with Gasteiger partial charge in [-0.25, -0.2) is 4.68 Å². The number of aliphatic hydroxyl groups is 1. The number of aromatic nitrogens is 2. The Morgan fingerprint density at radius 2 is 1.94 bits per heavy atom. The minimum absolute atomic E-state index is 0.394. The quantitative estimate of drug-likeness (QED) is 0.915. The molecule has 0 aliphatic carbocycles. The zero-order chi connectivity index (χ0) is 13.2. The second-order valence-corrected chi connectivity index (χ2v) is 3.84. The van der Waals surface area contributed by atoms with E-state index < -0.39 is 18.7 Å². The zero-order valence-electron chi connectivity index (χ0n) is 9.30. The van der Waals surface area contributed by atoms with E-state index in [0.29, 0.717) is 11.3 Å². The number of hydrogen-bond donors (Lipinski definition) is 1. The Kier molecular flexibility index (Phi) is 3.38. The fraction of sp³-hybridized carbons (Fsp3) is 0.250. The molecule has 6 heteroatoms. The Bertz CT molecular complexity index is 508. The molecule has 2 rings (SSSR count). The number of alkyl halides is 3. The average Bonchev–Trinajstić information content (AvgIpc) is 2.82. The summed E-state index contributed by atoms with van der Waals surface area (Å²) in [7, 11) is 0. The van der Waals surface area contributed by atoms with Gasteiger partial charge in [0, 0.05) is 18.8 Å². The Morgan fingerprint density at radius 3 is 2.56 bits per heavy atom. The average molecular weight is 256 g/mol. The molecule has 0 radical (unpaired) electrons. The van der Waals surface area contributed by atoms with Gasteiger partial charge in [-0.2, -0.15) is 18.3 Å². The maximum atomic E-state index is 12.3. The fourth-order valence-corrected chi connectivity index (χ4v) is 1.64. The zero-order valence-corrected chi connectivity index (χ0v) is 9.30. The van der Waals surface area contributed by atoms with Gasteiger partial charge >= 0.3 is 6.18 Å². The molecule has 1 atom stereocenters. The summed E-state index contributed by atoms with van der Waals surface area (Å²) in [6.45, 7) is 0. The highest BCUT2D eigenvalue weighted by Crippen LogP contribution is 2.25. The van der Waals surface area contributed by atoms with Crippen LogP contribution in [0.3, 0.4) is 0 Å². The van der Waals surface area contributed by atoms with E-state index in [1.165, 1.54) is 10.9 Å². The number of benzene rings is 1. The maximum Gasteiger partial charge on any atom is 0.414 e. The molecule has 0 spiro atoms. The second-order valence-electron chi connectivity index (χ2n) is 3.84. The summed E-state index contributed by atoms with van der Waals surface area (Å²) >= 11 is 0. The van der Waals surface area contributed by atoms with E-state index in [1.54, 1.807) is 36.5 Å². The van der Waals surface area contributed by atoms with Crippen molar-refractivity contribution >= 4 is 0 Å². The Labute approximate surface area is 101 Å². The largest absolute Gasteiger partial charge is 0.414 e. The number of nitrogens with zero attached hydrogens (tertiary/aromatic N) is 2. The number of hydrogen-bond acceptors (Lipinski definition) is 2. The monoisotopic (exact) mass is 256 g/mol. The van der Waals surface area contributed by atoms with Gasteiger partial charge in [-0.15, -0.1) is 0 Å². The number of rotatable bonds is 3. The van der Waals surface area contributed by atoms with Crippen molar-refractivity contribution in [3.8, 4) is 5.69 Å². The van der Waals surface area contributed by atoms with Crippen molar-refractivity contribution in [1.29, 1.82) is 0 Å². The lowest BCUT2D eigenvalue weighted by atomic mass is 10.1. The molecule has 18 heavy (non-hydrogen) atoms. The molecular weight excluding hydrogens is 245 g/mol. The molecule has 2 aromatic rings. The summed E-state index contributed by atoms with van der Waals surface area (Å²) in [5.74, 6) is 0. The summed E-state index contributed by atoms with van der Waals surface area (Å²) in [6.07, 6.45) is -4.29. The van der Waals surface area contributed by atoms with Gasteiger partial charge < -0.3 is 5.11 Å². The fourth-order valence-electron chi connectivity index (χ4n) is 1.64. The molecule has 1 aromatic heterocycles. The molecule has 0 saturated carbocycles. The van der Waals surface area contributed by atoms with Crippen LogP contribution in [0, 0.1) is 0 Å². The van der Waals surface area contributed by atoms with Crippen LogP contribution in [-0.2, 0) is 6.42 Å². The summed E-state index contributed by atoms with van der Waals surface area (Å²) in [4.78, 5) is 0. The second kappa shape index (κ2) is 4.81. The molecule has 0 bridgehead atoms. The van der Waals surface area contributed by atoms with Crippen molar-refractivity contribution < 1.29 is 18.3 Å². The van der Waals surface area contributed by atoms with Gasteiger partial charge in [0.15, 0.2) is 6.10 Å². The summed E-state index contributed by atoms with van der Waals surface area (Å²) in [6, 6.07) is 8.22. The number of aliphatic hydroxyl groups excluding tert-OH is 1. The minimum Gasteiger partial charge on any atom is -0.383 e. The Morgan fingerprint density at radius 1 is 1.22 bits per heavy atom. The first kappa shape index (κ1) is 12.6. The minimum atomic E-state index is -4.61. The van der Waals surface area contributed by atoms with Crippen molar-refractivity contribution in [3.05, 3.63) is 48.3 Å². The van der Waals surface area contributed by atoms with E-state index in [-0.39, 0.29) is 0 Å². The van der Waals surface area contributed by atoms with E-state index in [0.717, 1.165) is 0 Å². The standard InChI is InChI=1S/C12H11F3N2O/c13-12(14,15)11(18)8-9-4-1-2-5-10(9)17-7-3-6-16-17/h1-7,11,18H,8H2. The summed E-state index contributed by atoms with van der Waals surface area (Å²) in [5, 5.41) is 13.1. The number of halogens is 3. The van der Waals surface area contributed by atoms with E-state index in [2.05, 4.69) is 5.10 Å². The predicted octanol–water partition coefficient (Wildman–Crippen LogP) is 2.34. The van der Waals surface area contributed by atoms with Crippen molar-refractivity contribution in [2.24, 2.45) is 0 Å². The molecule has 1 unspecified atom stereocenters. The van der Waals surface area contributed by atoms with Crippen LogP contribution in [0.15, 0.2) is 42.7 Å². The molecule has 0 aliphatic rings. The lowest BCUT2D eigenvalue weighted by Gasteiger charge is -2.16. The molecule has 1 aromatic carbocycles. The van der Waals surface area contributed by atoms with Crippen LogP contribution in [0.2, 0.25) is 0 Å². The van der Waals surface area contributed by atoms with Crippen LogP contribution >= 0.6 is 0 Å². The van der Waals surface area contributed by atoms with Crippen LogP contribution in [0.25, 0.3) is 5.69 Å².